The molecule has 28 heavy (non-hydrogen) atoms. The molecule has 0 amide bonds. The molecule has 0 N–H and O–H groups in total. The molecular formula is C22H27ClN2O2Si. The Morgan fingerprint density at radius 3 is 2.25 bits per heavy atom. The first-order valence-electron chi connectivity index (χ1n) is 9.42. The highest BCUT2D eigenvalue weighted by molar-refractivity contribution is 6.74. The van der Waals surface area contributed by atoms with Crippen LogP contribution in [0.4, 0.5) is 0 Å². The Morgan fingerprint density at radius 1 is 0.929 bits per heavy atom. The van der Waals surface area contributed by atoms with Crippen LogP contribution in [0.15, 0.2) is 48.7 Å². The lowest BCUT2D eigenvalue weighted by atomic mass is 10.2. The number of rotatable bonds is 6. The number of aromatic nitrogens is 2. The topological polar surface area (TPSA) is 44.2 Å². The average Bonchev–Trinajstić information content (AvgIpc) is 2.66. The van der Waals surface area contributed by atoms with Crippen LogP contribution in [0.3, 0.4) is 0 Å². The molecule has 0 aliphatic rings. The fourth-order valence-electron chi connectivity index (χ4n) is 2.56. The van der Waals surface area contributed by atoms with Crippen LogP contribution in [-0.4, -0.2) is 18.3 Å². The van der Waals surface area contributed by atoms with Gasteiger partial charge in [0.1, 0.15) is 17.5 Å². The summed E-state index contributed by atoms with van der Waals surface area (Å²) in [5.41, 5.74) is 1.78. The normalized spacial score (nSPS) is 12.4. The predicted molar refractivity (Wildman–Crippen MR) is 117 cm³/mol. The fraction of sp³-hybridized carbons (Fsp3) is 0.364. The van der Waals surface area contributed by atoms with E-state index in [0.717, 1.165) is 22.2 Å². The van der Waals surface area contributed by atoms with Crippen LogP contribution in [-0.2, 0) is 17.6 Å². The Labute approximate surface area is 173 Å². The third kappa shape index (κ3) is 4.72. The Morgan fingerprint density at radius 2 is 1.57 bits per heavy atom. The fourth-order valence-corrected chi connectivity index (χ4v) is 3.72. The Kier molecular flexibility index (Phi) is 6.08. The van der Waals surface area contributed by atoms with Crippen LogP contribution in [0.2, 0.25) is 23.3 Å². The van der Waals surface area contributed by atoms with Crippen molar-refractivity contribution in [1.82, 2.24) is 9.97 Å². The van der Waals surface area contributed by atoms with Crippen molar-refractivity contribution in [2.24, 2.45) is 0 Å². The molecule has 0 saturated heterocycles. The van der Waals surface area contributed by atoms with Crippen molar-refractivity contribution in [2.75, 3.05) is 0 Å². The molecule has 0 spiro atoms. The SMILES string of the molecule is CC(C)(C)[Si](C)(C)OCc1cccc(COc2cnc(Cl)c3ccccc23)n1. The number of halogens is 1. The maximum absolute atomic E-state index is 6.28. The van der Waals surface area contributed by atoms with Gasteiger partial charge in [-0.15, -0.1) is 0 Å². The first-order chi connectivity index (χ1) is 13.2. The van der Waals surface area contributed by atoms with E-state index >= 15 is 0 Å². The first-order valence-corrected chi connectivity index (χ1v) is 12.7. The van der Waals surface area contributed by atoms with Crippen molar-refractivity contribution in [3.8, 4) is 5.75 Å². The molecule has 0 fully saturated rings. The summed E-state index contributed by atoms with van der Waals surface area (Å²) in [6, 6.07) is 13.8. The van der Waals surface area contributed by atoms with Gasteiger partial charge in [-0.05, 0) is 30.3 Å². The lowest BCUT2D eigenvalue weighted by molar-refractivity contribution is 0.269. The standard InChI is InChI=1S/C22H27ClN2O2Si/c1-22(2,3)28(4,5)27-15-17-10-8-9-16(25-17)14-26-20-13-24-21(23)19-12-7-6-11-18(19)20/h6-13H,14-15H2,1-5H3. The van der Waals surface area contributed by atoms with Gasteiger partial charge in [0.05, 0.1) is 24.2 Å². The van der Waals surface area contributed by atoms with Gasteiger partial charge in [-0.1, -0.05) is 62.7 Å². The number of ether oxygens (including phenoxy) is 1. The predicted octanol–water partition coefficient (Wildman–Crippen LogP) is 6.38. The number of benzene rings is 1. The van der Waals surface area contributed by atoms with Gasteiger partial charge < -0.3 is 9.16 Å². The van der Waals surface area contributed by atoms with E-state index in [0.29, 0.717) is 24.1 Å². The van der Waals surface area contributed by atoms with E-state index in [-0.39, 0.29) is 5.04 Å². The quantitative estimate of drug-likeness (QED) is 0.346. The number of hydrogen-bond acceptors (Lipinski definition) is 4. The van der Waals surface area contributed by atoms with E-state index in [9.17, 15) is 0 Å². The minimum absolute atomic E-state index is 0.177. The third-order valence-corrected chi connectivity index (χ3v) is 10.1. The molecule has 0 bridgehead atoms. The average molecular weight is 415 g/mol. The van der Waals surface area contributed by atoms with E-state index in [4.69, 9.17) is 25.7 Å². The van der Waals surface area contributed by atoms with Crippen LogP contribution < -0.4 is 4.74 Å². The van der Waals surface area contributed by atoms with E-state index in [1.807, 2.05) is 42.5 Å². The highest BCUT2D eigenvalue weighted by Gasteiger charge is 2.37. The van der Waals surface area contributed by atoms with Crippen LogP contribution in [0.5, 0.6) is 5.75 Å². The zero-order valence-electron chi connectivity index (χ0n) is 17.1. The molecule has 3 aromatic rings. The molecule has 0 aliphatic carbocycles. The summed E-state index contributed by atoms with van der Waals surface area (Å²) in [4.78, 5) is 8.92. The van der Waals surface area contributed by atoms with Crippen LogP contribution >= 0.6 is 11.6 Å². The zero-order chi connectivity index (χ0) is 20.4. The largest absolute Gasteiger partial charge is 0.485 e. The molecule has 4 nitrogen and oxygen atoms in total. The molecule has 1 aromatic carbocycles. The van der Waals surface area contributed by atoms with Gasteiger partial charge in [0.25, 0.3) is 0 Å². The molecule has 2 heterocycles. The van der Waals surface area contributed by atoms with Gasteiger partial charge in [-0.2, -0.15) is 0 Å². The molecule has 0 radical (unpaired) electrons. The van der Waals surface area contributed by atoms with E-state index < -0.39 is 8.32 Å². The summed E-state index contributed by atoms with van der Waals surface area (Å²) in [5.74, 6) is 0.699. The third-order valence-electron chi connectivity index (χ3n) is 5.34. The van der Waals surface area contributed by atoms with E-state index in [1.54, 1.807) is 6.20 Å². The van der Waals surface area contributed by atoms with Gasteiger partial charge in [0, 0.05) is 10.8 Å². The van der Waals surface area contributed by atoms with Crippen LogP contribution in [0, 0.1) is 0 Å². The van der Waals surface area contributed by atoms with Crippen molar-refractivity contribution in [2.45, 2.75) is 52.1 Å². The second-order valence-corrected chi connectivity index (χ2v) is 13.6. The van der Waals surface area contributed by atoms with Gasteiger partial charge >= 0.3 is 0 Å². The van der Waals surface area contributed by atoms with Crippen molar-refractivity contribution in [3.63, 3.8) is 0 Å². The smallest absolute Gasteiger partial charge is 0.192 e. The monoisotopic (exact) mass is 414 g/mol. The minimum atomic E-state index is -1.80. The Bertz CT molecular complexity index is 970. The van der Waals surface area contributed by atoms with Crippen LogP contribution in [0.25, 0.3) is 10.8 Å². The highest BCUT2D eigenvalue weighted by Crippen LogP contribution is 2.37. The molecule has 0 atom stereocenters. The summed E-state index contributed by atoms with van der Waals surface area (Å²) in [5, 5.41) is 2.48. The van der Waals surface area contributed by atoms with Gasteiger partial charge in [-0.25, -0.2) is 4.98 Å². The molecule has 6 heteroatoms. The van der Waals surface area contributed by atoms with Crippen LogP contribution in [0.1, 0.15) is 32.2 Å². The maximum atomic E-state index is 6.28. The second kappa shape index (κ2) is 8.19. The minimum Gasteiger partial charge on any atom is -0.485 e. The van der Waals surface area contributed by atoms with E-state index in [2.05, 4.69) is 38.8 Å². The van der Waals surface area contributed by atoms with Crippen molar-refractivity contribution in [3.05, 3.63) is 65.2 Å². The molecule has 3 rings (SSSR count). The highest BCUT2D eigenvalue weighted by atomic mass is 35.5. The summed E-state index contributed by atoms with van der Waals surface area (Å²) in [7, 11) is -1.80. The summed E-state index contributed by atoms with van der Waals surface area (Å²) in [6.07, 6.45) is 1.66. The van der Waals surface area contributed by atoms with Gasteiger partial charge in [0.2, 0.25) is 0 Å². The first kappa shape index (κ1) is 20.8. The van der Waals surface area contributed by atoms with Gasteiger partial charge in [-0.3, -0.25) is 4.98 Å². The van der Waals surface area contributed by atoms with Gasteiger partial charge in [0.15, 0.2) is 8.32 Å². The van der Waals surface area contributed by atoms with E-state index in [1.165, 1.54) is 0 Å². The second-order valence-electron chi connectivity index (χ2n) is 8.42. The molecular weight excluding hydrogens is 388 g/mol. The molecule has 0 unspecified atom stereocenters. The maximum Gasteiger partial charge on any atom is 0.192 e. The summed E-state index contributed by atoms with van der Waals surface area (Å²) >= 11 is 6.18. The Balaban J connectivity index is 1.70. The number of pyridine rings is 2. The number of nitrogens with zero attached hydrogens (tertiary/aromatic N) is 2. The lowest BCUT2D eigenvalue weighted by Crippen LogP contribution is -2.40. The Hall–Kier alpha value is -1.95. The lowest BCUT2D eigenvalue weighted by Gasteiger charge is -2.36. The summed E-state index contributed by atoms with van der Waals surface area (Å²) in [6.45, 7) is 12.1. The number of fused-ring (bicyclic) bond motifs is 1. The van der Waals surface area contributed by atoms with Crippen molar-refractivity contribution < 1.29 is 9.16 Å². The summed E-state index contributed by atoms with van der Waals surface area (Å²) < 4.78 is 12.3. The molecule has 148 valence electrons. The molecule has 2 aromatic heterocycles. The van der Waals surface area contributed by atoms with Crippen molar-refractivity contribution in [1.29, 1.82) is 0 Å². The zero-order valence-corrected chi connectivity index (χ0v) is 18.9. The molecule has 0 saturated carbocycles. The molecule has 0 aliphatic heterocycles. The van der Waals surface area contributed by atoms with Crippen molar-refractivity contribution >= 4 is 30.7 Å². The number of hydrogen-bond donors (Lipinski definition) is 0.